The Morgan fingerprint density at radius 2 is 1.92 bits per heavy atom. The summed E-state index contributed by atoms with van der Waals surface area (Å²) in [5.41, 5.74) is 0.943. The van der Waals surface area contributed by atoms with Crippen LogP contribution in [0.25, 0.3) is 0 Å². The minimum absolute atomic E-state index is 0.146. The van der Waals surface area contributed by atoms with Gasteiger partial charge in [0.15, 0.2) is 0 Å². The Balaban J connectivity index is 2.08. The molecule has 0 aliphatic carbocycles. The van der Waals surface area contributed by atoms with Crippen molar-refractivity contribution in [2.24, 2.45) is 0 Å². The molecule has 2 aromatic rings. The molecule has 6 nitrogen and oxygen atoms in total. The largest absolute Gasteiger partial charge is 0.383 e. The van der Waals surface area contributed by atoms with E-state index < -0.39 is 0 Å². The highest BCUT2D eigenvalue weighted by atomic mass is 35.5. The van der Waals surface area contributed by atoms with E-state index in [1.54, 1.807) is 25.3 Å². The van der Waals surface area contributed by atoms with Crippen molar-refractivity contribution in [2.45, 2.75) is 0 Å². The SMILES string of the molecule is COCCNC(=O)c1cc(C(=O)Nc2ccc(Cl)c(Cl)c2)ccn1. The van der Waals surface area contributed by atoms with Crippen LogP contribution in [0.1, 0.15) is 20.8 Å². The van der Waals surface area contributed by atoms with Crippen LogP contribution in [-0.2, 0) is 4.74 Å². The average molecular weight is 368 g/mol. The Bertz CT molecular complexity index is 753. The zero-order chi connectivity index (χ0) is 17.5. The van der Waals surface area contributed by atoms with Crippen molar-refractivity contribution < 1.29 is 14.3 Å². The van der Waals surface area contributed by atoms with Crippen molar-refractivity contribution in [1.29, 1.82) is 0 Å². The van der Waals surface area contributed by atoms with E-state index in [4.69, 9.17) is 27.9 Å². The van der Waals surface area contributed by atoms with E-state index in [-0.39, 0.29) is 17.5 Å². The quantitative estimate of drug-likeness (QED) is 0.769. The van der Waals surface area contributed by atoms with Crippen LogP contribution in [0.5, 0.6) is 0 Å². The molecule has 1 heterocycles. The highest BCUT2D eigenvalue weighted by molar-refractivity contribution is 6.42. The molecule has 0 radical (unpaired) electrons. The van der Waals surface area contributed by atoms with Crippen LogP contribution < -0.4 is 10.6 Å². The summed E-state index contributed by atoms with van der Waals surface area (Å²) < 4.78 is 4.86. The van der Waals surface area contributed by atoms with E-state index in [1.165, 1.54) is 18.3 Å². The summed E-state index contributed by atoms with van der Waals surface area (Å²) in [6.45, 7) is 0.750. The molecule has 24 heavy (non-hydrogen) atoms. The highest BCUT2D eigenvalue weighted by Crippen LogP contribution is 2.25. The van der Waals surface area contributed by atoms with Crippen molar-refractivity contribution in [1.82, 2.24) is 10.3 Å². The number of hydrogen-bond acceptors (Lipinski definition) is 4. The van der Waals surface area contributed by atoms with Crippen LogP contribution in [0.3, 0.4) is 0 Å². The highest BCUT2D eigenvalue weighted by Gasteiger charge is 2.12. The third kappa shape index (κ3) is 4.92. The molecular formula is C16H15Cl2N3O3. The number of aromatic nitrogens is 1. The summed E-state index contributed by atoms with van der Waals surface area (Å²) in [6, 6.07) is 7.68. The number of anilines is 1. The second-order valence-corrected chi connectivity index (χ2v) is 5.58. The van der Waals surface area contributed by atoms with Crippen LogP contribution >= 0.6 is 23.2 Å². The predicted molar refractivity (Wildman–Crippen MR) is 92.9 cm³/mol. The molecule has 0 aliphatic heterocycles. The first kappa shape index (κ1) is 18.2. The van der Waals surface area contributed by atoms with E-state index in [9.17, 15) is 9.59 Å². The molecule has 0 spiro atoms. The van der Waals surface area contributed by atoms with E-state index in [0.29, 0.717) is 34.4 Å². The summed E-state index contributed by atoms with van der Waals surface area (Å²) in [5, 5.41) is 6.05. The van der Waals surface area contributed by atoms with Gasteiger partial charge in [0.2, 0.25) is 0 Å². The van der Waals surface area contributed by atoms with E-state index >= 15 is 0 Å². The van der Waals surface area contributed by atoms with Crippen LogP contribution in [-0.4, -0.2) is 37.1 Å². The minimum atomic E-state index is -0.387. The lowest BCUT2D eigenvalue weighted by Crippen LogP contribution is -2.28. The van der Waals surface area contributed by atoms with Gasteiger partial charge < -0.3 is 15.4 Å². The standard InChI is InChI=1S/C16H15Cl2N3O3/c1-24-7-6-20-16(23)14-8-10(4-5-19-14)15(22)21-11-2-3-12(17)13(18)9-11/h2-5,8-9H,6-7H2,1H3,(H,20,23)(H,21,22). The van der Waals surface area contributed by atoms with E-state index in [1.807, 2.05) is 0 Å². The van der Waals surface area contributed by atoms with Gasteiger partial charge in [0.05, 0.1) is 16.7 Å². The van der Waals surface area contributed by atoms with Gasteiger partial charge in [-0.1, -0.05) is 23.2 Å². The zero-order valence-electron chi connectivity index (χ0n) is 12.8. The maximum atomic E-state index is 12.3. The minimum Gasteiger partial charge on any atom is -0.383 e. The Hall–Kier alpha value is -2.15. The van der Waals surface area contributed by atoms with Gasteiger partial charge in [0.1, 0.15) is 5.69 Å². The van der Waals surface area contributed by atoms with Crippen LogP contribution in [0, 0.1) is 0 Å². The molecule has 0 fully saturated rings. The molecule has 1 aromatic heterocycles. The van der Waals surface area contributed by atoms with Crippen LogP contribution in [0.2, 0.25) is 10.0 Å². The van der Waals surface area contributed by atoms with E-state index in [2.05, 4.69) is 15.6 Å². The van der Waals surface area contributed by atoms with Crippen molar-refractivity contribution in [2.75, 3.05) is 25.6 Å². The number of nitrogens with zero attached hydrogens (tertiary/aromatic N) is 1. The summed E-state index contributed by atoms with van der Waals surface area (Å²) in [7, 11) is 1.54. The van der Waals surface area contributed by atoms with Crippen LogP contribution in [0.15, 0.2) is 36.5 Å². The van der Waals surface area contributed by atoms with Gasteiger partial charge in [-0.2, -0.15) is 0 Å². The molecule has 0 bridgehead atoms. The molecule has 0 aliphatic rings. The first-order valence-corrected chi connectivity index (χ1v) is 7.76. The number of methoxy groups -OCH3 is 1. The van der Waals surface area contributed by atoms with Crippen molar-refractivity contribution in [3.8, 4) is 0 Å². The Morgan fingerprint density at radius 1 is 1.12 bits per heavy atom. The summed E-state index contributed by atoms with van der Waals surface area (Å²) in [4.78, 5) is 28.2. The van der Waals surface area contributed by atoms with Crippen LogP contribution in [0.4, 0.5) is 5.69 Å². The smallest absolute Gasteiger partial charge is 0.269 e. The third-order valence-corrected chi connectivity index (χ3v) is 3.76. The van der Waals surface area contributed by atoms with Gasteiger partial charge >= 0.3 is 0 Å². The number of hydrogen-bond donors (Lipinski definition) is 2. The molecule has 0 saturated heterocycles. The maximum Gasteiger partial charge on any atom is 0.269 e. The maximum absolute atomic E-state index is 12.3. The number of ether oxygens (including phenoxy) is 1. The molecule has 2 rings (SSSR count). The number of nitrogens with one attached hydrogen (secondary N) is 2. The zero-order valence-corrected chi connectivity index (χ0v) is 14.3. The molecule has 2 amide bonds. The lowest BCUT2D eigenvalue weighted by molar-refractivity contribution is 0.0932. The fourth-order valence-electron chi connectivity index (χ4n) is 1.83. The fourth-order valence-corrected chi connectivity index (χ4v) is 2.13. The van der Waals surface area contributed by atoms with Gasteiger partial charge in [0.25, 0.3) is 11.8 Å². The van der Waals surface area contributed by atoms with Gasteiger partial charge in [-0.15, -0.1) is 0 Å². The Morgan fingerprint density at radius 3 is 2.62 bits per heavy atom. The third-order valence-electron chi connectivity index (χ3n) is 3.02. The number of carbonyl (C=O) groups excluding carboxylic acids is 2. The molecule has 0 saturated carbocycles. The van der Waals surface area contributed by atoms with Gasteiger partial charge in [-0.25, -0.2) is 0 Å². The second kappa shape index (κ2) is 8.63. The van der Waals surface area contributed by atoms with Gasteiger partial charge in [-0.05, 0) is 30.3 Å². The molecule has 0 atom stereocenters. The molecular weight excluding hydrogens is 353 g/mol. The Kier molecular flexibility index (Phi) is 6.54. The van der Waals surface area contributed by atoms with Crippen molar-refractivity contribution in [3.05, 3.63) is 57.8 Å². The van der Waals surface area contributed by atoms with Crippen molar-refractivity contribution in [3.63, 3.8) is 0 Å². The monoisotopic (exact) mass is 367 g/mol. The molecule has 0 unspecified atom stereocenters. The topological polar surface area (TPSA) is 80.3 Å². The Labute approximate surface area is 149 Å². The van der Waals surface area contributed by atoms with Crippen molar-refractivity contribution >= 4 is 40.7 Å². The second-order valence-electron chi connectivity index (χ2n) is 4.76. The number of amides is 2. The fraction of sp³-hybridized carbons (Fsp3) is 0.188. The molecule has 2 N–H and O–H groups in total. The number of rotatable bonds is 6. The first-order chi connectivity index (χ1) is 11.5. The first-order valence-electron chi connectivity index (χ1n) is 7.01. The molecule has 8 heteroatoms. The summed E-state index contributed by atoms with van der Waals surface area (Å²) >= 11 is 11.7. The van der Waals surface area contributed by atoms with E-state index in [0.717, 1.165) is 0 Å². The summed E-state index contributed by atoms with van der Waals surface area (Å²) in [6.07, 6.45) is 1.40. The van der Waals surface area contributed by atoms with Gasteiger partial charge in [0, 0.05) is 31.1 Å². The normalized spacial score (nSPS) is 10.3. The number of pyridine rings is 1. The predicted octanol–water partition coefficient (Wildman–Crippen LogP) is 3.02. The van der Waals surface area contributed by atoms with Gasteiger partial charge in [-0.3, -0.25) is 14.6 Å². The number of carbonyl (C=O) groups is 2. The average Bonchev–Trinajstić information content (AvgIpc) is 2.58. The lowest BCUT2D eigenvalue weighted by atomic mass is 10.2. The molecule has 126 valence electrons. The number of benzene rings is 1. The lowest BCUT2D eigenvalue weighted by Gasteiger charge is -2.08. The summed E-state index contributed by atoms with van der Waals surface area (Å²) in [5.74, 6) is -0.766. The molecule has 1 aromatic carbocycles. The number of halogens is 2.